The molecule has 0 saturated heterocycles. The molecule has 1 heterocycles. The fraction of sp³-hybridized carbons (Fsp3) is 0.500. The summed E-state index contributed by atoms with van der Waals surface area (Å²) >= 11 is 1.78. The fourth-order valence-corrected chi connectivity index (χ4v) is 3.84. The van der Waals surface area contributed by atoms with Gasteiger partial charge < -0.3 is 10.6 Å². The standard InChI is InChI=1S/C20H27FN4S.HI/c1-3-17-13-24-18(26-17)9-12-23-19(22-4-2)25-14-20(10-11-20)15-5-7-16(21)8-6-15;/h5-8,13H,3-4,9-12,14H2,1-2H3,(H2,22,23,25);1H. The second-order valence-corrected chi connectivity index (χ2v) is 7.93. The minimum atomic E-state index is -0.184. The topological polar surface area (TPSA) is 49.3 Å². The third-order valence-corrected chi connectivity index (χ3v) is 5.98. The highest BCUT2D eigenvalue weighted by molar-refractivity contribution is 14.0. The summed E-state index contributed by atoms with van der Waals surface area (Å²) in [5.74, 6) is 0.657. The first-order valence-corrected chi connectivity index (χ1v) is 10.2. The van der Waals surface area contributed by atoms with Crippen LogP contribution in [0.25, 0.3) is 0 Å². The van der Waals surface area contributed by atoms with Gasteiger partial charge in [0.05, 0.1) is 11.6 Å². The molecule has 0 amide bonds. The van der Waals surface area contributed by atoms with E-state index in [-0.39, 0.29) is 35.2 Å². The Balaban J connectivity index is 0.00000261. The molecule has 0 unspecified atom stereocenters. The molecular weight excluding hydrogens is 474 g/mol. The van der Waals surface area contributed by atoms with E-state index in [1.807, 2.05) is 18.3 Å². The van der Waals surface area contributed by atoms with Gasteiger partial charge in [-0.25, -0.2) is 9.37 Å². The molecule has 0 radical (unpaired) electrons. The SMILES string of the molecule is CCNC(=NCC1(c2ccc(F)cc2)CC1)NCCc1ncc(CC)s1.I. The van der Waals surface area contributed by atoms with Gasteiger partial charge in [-0.2, -0.15) is 0 Å². The van der Waals surface area contributed by atoms with Crippen molar-refractivity contribution in [2.24, 2.45) is 4.99 Å². The van der Waals surface area contributed by atoms with Crippen LogP contribution in [0.4, 0.5) is 4.39 Å². The Morgan fingerprint density at radius 2 is 1.96 bits per heavy atom. The summed E-state index contributed by atoms with van der Waals surface area (Å²) in [6.07, 6.45) is 6.14. The normalized spacial score (nSPS) is 15.1. The first-order valence-electron chi connectivity index (χ1n) is 9.37. The number of nitrogens with one attached hydrogen (secondary N) is 2. The van der Waals surface area contributed by atoms with E-state index in [9.17, 15) is 4.39 Å². The maximum atomic E-state index is 13.2. The van der Waals surface area contributed by atoms with Crippen LogP contribution in [0.2, 0.25) is 0 Å². The van der Waals surface area contributed by atoms with E-state index < -0.39 is 0 Å². The average Bonchev–Trinajstić information content (AvgIpc) is 3.30. The molecule has 7 heteroatoms. The Kier molecular flexibility index (Phi) is 8.47. The van der Waals surface area contributed by atoms with Gasteiger partial charge in [0.25, 0.3) is 0 Å². The van der Waals surface area contributed by atoms with Crippen molar-refractivity contribution in [3.63, 3.8) is 0 Å². The molecule has 0 bridgehead atoms. The van der Waals surface area contributed by atoms with Crippen LogP contribution in [0.15, 0.2) is 35.5 Å². The minimum Gasteiger partial charge on any atom is -0.357 e. The number of thiazole rings is 1. The summed E-state index contributed by atoms with van der Waals surface area (Å²) in [6.45, 7) is 6.59. The summed E-state index contributed by atoms with van der Waals surface area (Å²) in [7, 11) is 0. The molecule has 148 valence electrons. The van der Waals surface area contributed by atoms with Crippen molar-refractivity contribution in [3.8, 4) is 0 Å². The van der Waals surface area contributed by atoms with E-state index >= 15 is 0 Å². The number of benzene rings is 1. The molecule has 1 aliphatic rings. The number of halogens is 2. The zero-order chi connectivity index (χ0) is 18.4. The summed E-state index contributed by atoms with van der Waals surface area (Å²) in [6, 6.07) is 6.88. The molecular formula is C20H28FIN4S. The summed E-state index contributed by atoms with van der Waals surface area (Å²) in [4.78, 5) is 10.6. The van der Waals surface area contributed by atoms with Gasteiger partial charge >= 0.3 is 0 Å². The lowest BCUT2D eigenvalue weighted by Gasteiger charge is -2.16. The van der Waals surface area contributed by atoms with Crippen LogP contribution in [-0.2, 0) is 18.3 Å². The van der Waals surface area contributed by atoms with Gasteiger partial charge in [0.2, 0.25) is 0 Å². The predicted molar refractivity (Wildman–Crippen MR) is 122 cm³/mol. The number of rotatable bonds is 8. The van der Waals surface area contributed by atoms with Crippen LogP contribution in [0.1, 0.15) is 42.1 Å². The highest BCUT2D eigenvalue weighted by Crippen LogP contribution is 2.48. The van der Waals surface area contributed by atoms with Crippen molar-refractivity contribution in [1.82, 2.24) is 15.6 Å². The molecule has 3 rings (SSSR count). The van der Waals surface area contributed by atoms with Gasteiger partial charge in [0.1, 0.15) is 5.82 Å². The van der Waals surface area contributed by atoms with Gasteiger partial charge in [-0.15, -0.1) is 35.3 Å². The number of hydrogen-bond acceptors (Lipinski definition) is 3. The Morgan fingerprint density at radius 3 is 2.56 bits per heavy atom. The molecule has 2 N–H and O–H groups in total. The zero-order valence-electron chi connectivity index (χ0n) is 15.9. The summed E-state index contributed by atoms with van der Waals surface area (Å²) < 4.78 is 13.2. The highest BCUT2D eigenvalue weighted by atomic mass is 127. The number of aliphatic imine (C=N–C) groups is 1. The lowest BCUT2D eigenvalue weighted by Crippen LogP contribution is -2.39. The molecule has 1 aliphatic carbocycles. The molecule has 27 heavy (non-hydrogen) atoms. The third-order valence-electron chi connectivity index (χ3n) is 4.78. The van der Waals surface area contributed by atoms with Gasteiger partial charge in [0, 0.05) is 36.0 Å². The van der Waals surface area contributed by atoms with Crippen LogP contribution in [0.5, 0.6) is 0 Å². The zero-order valence-corrected chi connectivity index (χ0v) is 19.1. The van der Waals surface area contributed by atoms with Crippen LogP contribution in [0, 0.1) is 5.82 Å². The van der Waals surface area contributed by atoms with E-state index in [0.717, 1.165) is 56.3 Å². The first kappa shape index (κ1) is 22.1. The van der Waals surface area contributed by atoms with Crippen LogP contribution < -0.4 is 10.6 Å². The van der Waals surface area contributed by atoms with E-state index in [0.29, 0.717) is 0 Å². The molecule has 2 aromatic rings. The van der Waals surface area contributed by atoms with Crippen molar-refractivity contribution < 1.29 is 4.39 Å². The van der Waals surface area contributed by atoms with Gasteiger partial charge in [-0.1, -0.05) is 19.1 Å². The second kappa shape index (κ2) is 10.4. The van der Waals surface area contributed by atoms with Crippen molar-refractivity contribution in [2.45, 2.75) is 44.9 Å². The molecule has 1 aromatic carbocycles. The smallest absolute Gasteiger partial charge is 0.191 e. The Labute approximate surface area is 182 Å². The van der Waals surface area contributed by atoms with Gasteiger partial charge in [-0.05, 0) is 43.9 Å². The number of hydrogen-bond donors (Lipinski definition) is 2. The Morgan fingerprint density at radius 1 is 1.22 bits per heavy atom. The van der Waals surface area contributed by atoms with Crippen molar-refractivity contribution in [3.05, 3.63) is 51.7 Å². The lowest BCUT2D eigenvalue weighted by molar-refractivity contribution is 0.623. The lowest BCUT2D eigenvalue weighted by atomic mass is 9.96. The van der Waals surface area contributed by atoms with Crippen molar-refractivity contribution >= 4 is 41.3 Å². The third kappa shape index (κ3) is 6.14. The monoisotopic (exact) mass is 502 g/mol. The van der Waals surface area contributed by atoms with E-state index in [1.54, 1.807) is 23.5 Å². The number of aromatic nitrogens is 1. The quantitative estimate of drug-likeness (QED) is 0.322. The van der Waals surface area contributed by atoms with Crippen molar-refractivity contribution in [1.29, 1.82) is 0 Å². The van der Waals surface area contributed by atoms with Crippen LogP contribution in [-0.4, -0.2) is 30.6 Å². The molecule has 0 aliphatic heterocycles. The Hall–Kier alpha value is -1.22. The molecule has 0 spiro atoms. The predicted octanol–water partition coefficient (Wildman–Crippen LogP) is 4.29. The Bertz CT molecular complexity index is 741. The molecule has 1 fully saturated rings. The number of aryl methyl sites for hydroxylation is 1. The van der Waals surface area contributed by atoms with Crippen molar-refractivity contribution in [2.75, 3.05) is 19.6 Å². The number of nitrogens with zero attached hydrogens (tertiary/aromatic N) is 2. The summed E-state index contributed by atoms with van der Waals surface area (Å²) in [5.41, 5.74) is 1.27. The first-order chi connectivity index (χ1) is 12.6. The maximum absolute atomic E-state index is 13.2. The molecule has 1 aromatic heterocycles. The minimum absolute atomic E-state index is 0. The van der Waals surface area contributed by atoms with Gasteiger partial charge in [0.15, 0.2) is 5.96 Å². The summed E-state index contributed by atoms with van der Waals surface area (Å²) in [5, 5.41) is 7.87. The van der Waals surface area contributed by atoms with E-state index in [2.05, 4.69) is 29.5 Å². The molecule has 4 nitrogen and oxygen atoms in total. The second-order valence-electron chi connectivity index (χ2n) is 6.73. The fourth-order valence-electron chi connectivity index (χ4n) is 2.98. The highest BCUT2D eigenvalue weighted by Gasteiger charge is 2.44. The van der Waals surface area contributed by atoms with E-state index in [1.165, 1.54) is 10.4 Å². The largest absolute Gasteiger partial charge is 0.357 e. The van der Waals surface area contributed by atoms with E-state index in [4.69, 9.17) is 4.99 Å². The average molecular weight is 502 g/mol. The maximum Gasteiger partial charge on any atom is 0.191 e. The van der Waals surface area contributed by atoms with Crippen LogP contribution in [0.3, 0.4) is 0 Å². The number of guanidine groups is 1. The molecule has 0 atom stereocenters. The molecule has 1 saturated carbocycles. The van der Waals surface area contributed by atoms with Gasteiger partial charge in [-0.3, -0.25) is 4.99 Å². The van der Waals surface area contributed by atoms with Crippen LogP contribution >= 0.6 is 35.3 Å².